The van der Waals surface area contributed by atoms with Crippen LogP contribution >= 0.6 is 0 Å². The number of fused-ring (bicyclic) bond motifs is 1. The topological polar surface area (TPSA) is 112 Å². The van der Waals surface area contributed by atoms with Crippen LogP contribution in [0.3, 0.4) is 0 Å². The van der Waals surface area contributed by atoms with Crippen LogP contribution in [0.1, 0.15) is 23.6 Å². The number of benzene rings is 2. The predicted molar refractivity (Wildman–Crippen MR) is 95.3 cm³/mol. The van der Waals surface area contributed by atoms with Gasteiger partial charge in [0.05, 0.1) is 17.4 Å². The largest absolute Gasteiger partial charge is 0.489 e. The van der Waals surface area contributed by atoms with Gasteiger partial charge in [0.2, 0.25) is 11.9 Å². The van der Waals surface area contributed by atoms with E-state index in [1.807, 2.05) is 12.1 Å². The first-order chi connectivity index (χ1) is 13.1. The van der Waals surface area contributed by atoms with Crippen molar-refractivity contribution >= 4 is 17.5 Å². The second-order valence-corrected chi connectivity index (χ2v) is 6.08. The minimum Gasteiger partial charge on any atom is -0.489 e. The molecule has 0 saturated carbocycles. The molecule has 0 fully saturated rings. The molecule has 27 heavy (non-hydrogen) atoms. The van der Waals surface area contributed by atoms with E-state index in [9.17, 15) is 14.9 Å². The molecule has 1 aromatic heterocycles. The summed E-state index contributed by atoms with van der Waals surface area (Å²) in [5.74, 6) is 0.957. The summed E-state index contributed by atoms with van der Waals surface area (Å²) >= 11 is 0. The molecule has 9 heteroatoms. The second kappa shape index (κ2) is 6.87. The van der Waals surface area contributed by atoms with Crippen molar-refractivity contribution in [2.45, 2.75) is 19.1 Å². The number of nitro groups is 1. The summed E-state index contributed by atoms with van der Waals surface area (Å²) < 4.78 is 7.39. The monoisotopic (exact) mass is 365 g/mol. The molecule has 2 heterocycles. The molecule has 1 atom stereocenters. The molecule has 4 rings (SSSR count). The summed E-state index contributed by atoms with van der Waals surface area (Å²) in [6.45, 7) is 0.222. The SMILES string of the molecule is O=C1C[C@@H](c2ccc(OCc3cccc([N+](=O)[O-])c3)cc2)n2ncnc2N1. The van der Waals surface area contributed by atoms with Crippen molar-refractivity contribution < 1.29 is 14.5 Å². The number of hydrogen-bond donors (Lipinski definition) is 1. The number of nitro benzene ring substituents is 1. The molecule has 1 N–H and O–H groups in total. The Bertz CT molecular complexity index is 999. The fraction of sp³-hybridized carbons (Fsp3) is 0.167. The Hall–Kier alpha value is -3.75. The molecule has 0 bridgehead atoms. The number of hydrogen-bond acceptors (Lipinski definition) is 6. The summed E-state index contributed by atoms with van der Waals surface area (Å²) in [6, 6.07) is 13.5. The van der Waals surface area contributed by atoms with Crippen LogP contribution in [0.4, 0.5) is 11.6 Å². The van der Waals surface area contributed by atoms with Crippen molar-refractivity contribution in [3.05, 3.63) is 76.1 Å². The van der Waals surface area contributed by atoms with Gasteiger partial charge in [-0.05, 0) is 23.3 Å². The van der Waals surface area contributed by atoms with Crippen molar-refractivity contribution in [1.82, 2.24) is 14.8 Å². The number of amides is 1. The van der Waals surface area contributed by atoms with Gasteiger partial charge in [-0.1, -0.05) is 24.3 Å². The van der Waals surface area contributed by atoms with Crippen LogP contribution in [0.25, 0.3) is 0 Å². The van der Waals surface area contributed by atoms with Gasteiger partial charge in [0.1, 0.15) is 18.7 Å². The fourth-order valence-electron chi connectivity index (χ4n) is 2.98. The molecule has 0 aliphatic carbocycles. The van der Waals surface area contributed by atoms with Crippen molar-refractivity contribution in [2.24, 2.45) is 0 Å². The Morgan fingerprint density at radius 3 is 2.85 bits per heavy atom. The number of ether oxygens (including phenoxy) is 1. The van der Waals surface area contributed by atoms with Crippen molar-refractivity contribution in [3.8, 4) is 5.75 Å². The van der Waals surface area contributed by atoms with E-state index in [0.717, 1.165) is 5.56 Å². The second-order valence-electron chi connectivity index (χ2n) is 6.08. The lowest BCUT2D eigenvalue weighted by atomic mass is 10.0. The Morgan fingerprint density at radius 2 is 2.07 bits per heavy atom. The first kappa shape index (κ1) is 16.7. The summed E-state index contributed by atoms with van der Waals surface area (Å²) in [5.41, 5.74) is 1.66. The standard InChI is InChI=1S/C18H15N5O4/c24-17-9-16(22-18(21-17)19-11-20-22)13-4-6-15(7-5-13)27-10-12-2-1-3-14(8-12)23(25)26/h1-8,11,16H,9-10H2,(H,19,20,21,24)/t16-/m0/s1. The number of rotatable bonds is 5. The van der Waals surface area contributed by atoms with Crippen LogP contribution in [0.15, 0.2) is 54.9 Å². The Balaban J connectivity index is 1.46. The molecule has 0 radical (unpaired) electrons. The normalized spacial score (nSPS) is 15.7. The van der Waals surface area contributed by atoms with Crippen LogP contribution in [0.2, 0.25) is 0 Å². The zero-order valence-electron chi connectivity index (χ0n) is 14.1. The van der Waals surface area contributed by atoms with Gasteiger partial charge in [-0.3, -0.25) is 20.2 Å². The van der Waals surface area contributed by atoms with Crippen LogP contribution in [-0.4, -0.2) is 25.6 Å². The first-order valence-electron chi connectivity index (χ1n) is 8.25. The third kappa shape index (κ3) is 3.47. The van der Waals surface area contributed by atoms with Gasteiger partial charge in [-0.15, -0.1) is 0 Å². The number of nitrogens with one attached hydrogen (secondary N) is 1. The Kier molecular flexibility index (Phi) is 4.25. The Morgan fingerprint density at radius 1 is 1.26 bits per heavy atom. The van der Waals surface area contributed by atoms with Gasteiger partial charge in [0, 0.05) is 12.1 Å². The maximum absolute atomic E-state index is 11.8. The van der Waals surface area contributed by atoms with E-state index in [4.69, 9.17) is 4.74 Å². The molecular formula is C18H15N5O4. The number of anilines is 1. The smallest absolute Gasteiger partial charge is 0.269 e. The van der Waals surface area contributed by atoms with E-state index in [1.165, 1.54) is 18.5 Å². The highest BCUT2D eigenvalue weighted by molar-refractivity contribution is 5.91. The van der Waals surface area contributed by atoms with E-state index < -0.39 is 4.92 Å². The minimum atomic E-state index is -0.434. The third-order valence-corrected chi connectivity index (χ3v) is 4.29. The molecule has 0 unspecified atom stereocenters. The minimum absolute atomic E-state index is 0.0330. The van der Waals surface area contributed by atoms with E-state index >= 15 is 0 Å². The van der Waals surface area contributed by atoms with Crippen LogP contribution in [0.5, 0.6) is 5.75 Å². The number of aromatic nitrogens is 3. The lowest BCUT2D eigenvalue weighted by molar-refractivity contribution is -0.384. The number of carbonyl (C=O) groups excluding carboxylic acids is 1. The molecule has 1 aliphatic heterocycles. The van der Waals surface area contributed by atoms with E-state index in [-0.39, 0.29) is 30.7 Å². The van der Waals surface area contributed by atoms with Crippen molar-refractivity contribution in [2.75, 3.05) is 5.32 Å². The fourth-order valence-corrected chi connectivity index (χ4v) is 2.98. The highest BCUT2D eigenvalue weighted by Gasteiger charge is 2.27. The lowest BCUT2D eigenvalue weighted by Crippen LogP contribution is -2.29. The zero-order chi connectivity index (χ0) is 18.8. The number of nitrogens with zero attached hydrogens (tertiary/aromatic N) is 4. The maximum Gasteiger partial charge on any atom is 0.269 e. The van der Waals surface area contributed by atoms with Gasteiger partial charge >= 0.3 is 0 Å². The average molecular weight is 365 g/mol. The summed E-state index contributed by atoms with van der Waals surface area (Å²) in [6.07, 6.45) is 1.69. The highest BCUT2D eigenvalue weighted by atomic mass is 16.6. The van der Waals surface area contributed by atoms with Crippen LogP contribution < -0.4 is 10.1 Å². The van der Waals surface area contributed by atoms with E-state index in [2.05, 4.69) is 15.4 Å². The first-order valence-corrected chi connectivity index (χ1v) is 8.25. The zero-order valence-corrected chi connectivity index (χ0v) is 14.1. The van der Waals surface area contributed by atoms with Gasteiger partial charge in [0.25, 0.3) is 5.69 Å². The third-order valence-electron chi connectivity index (χ3n) is 4.29. The molecule has 1 amide bonds. The molecule has 0 saturated heterocycles. The molecule has 0 spiro atoms. The average Bonchev–Trinajstić information content (AvgIpc) is 3.14. The quantitative estimate of drug-likeness (QED) is 0.549. The van der Waals surface area contributed by atoms with Crippen molar-refractivity contribution in [1.29, 1.82) is 0 Å². The van der Waals surface area contributed by atoms with E-state index in [1.54, 1.807) is 28.9 Å². The number of carbonyl (C=O) groups is 1. The molecule has 1 aliphatic rings. The maximum atomic E-state index is 11.8. The summed E-state index contributed by atoms with van der Waals surface area (Å²) in [4.78, 5) is 26.3. The molecule has 136 valence electrons. The highest BCUT2D eigenvalue weighted by Crippen LogP contribution is 2.29. The van der Waals surface area contributed by atoms with Gasteiger partial charge in [0.15, 0.2) is 0 Å². The van der Waals surface area contributed by atoms with Crippen LogP contribution in [0, 0.1) is 10.1 Å². The molecule has 9 nitrogen and oxygen atoms in total. The summed E-state index contributed by atoms with van der Waals surface area (Å²) in [7, 11) is 0. The van der Waals surface area contributed by atoms with Crippen molar-refractivity contribution in [3.63, 3.8) is 0 Å². The van der Waals surface area contributed by atoms with Gasteiger partial charge < -0.3 is 4.74 Å². The van der Waals surface area contributed by atoms with Gasteiger partial charge in [-0.25, -0.2) is 4.68 Å². The van der Waals surface area contributed by atoms with Gasteiger partial charge in [-0.2, -0.15) is 10.1 Å². The number of non-ortho nitro benzene ring substituents is 1. The molecule has 2 aromatic carbocycles. The summed E-state index contributed by atoms with van der Waals surface area (Å²) in [5, 5.41) is 17.7. The lowest BCUT2D eigenvalue weighted by Gasteiger charge is -2.23. The predicted octanol–water partition coefficient (Wildman–Crippen LogP) is 2.70. The Labute approximate surface area is 153 Å². The molecular weight excluding hydrogens is 350 g/mol. The van der Waals surface area contributed by atoms with E-state index in [0.29, 0.717) is 17.3 Å². The van der Waals surface area contributed by atoms with Crippen LogP contribution in [-0.2, 0) is 11.4 Å². The molecule has 3 aromatic rings.